The molecule has 8 nitrogen and oxygen atoms in total. The summed E-state index contributed by atoms with van der Waals surface area (Å²) in [6, 6.07) is 8.64. The van der Waals surface area contributed by atoms with Crippen molar-refractivity contribution in [2.45, 2.75) is 20.0 Å². The molecule has 0 saturated carbocycles. The maximum Gasteiger partial charge on any atom is 0.332 e. The second kappa shape index (κ2) is 8.85. The summed E-state index contributed by atoms with van der Waals surface area (Å²) in [4.78, 5) is 37.8. The van der Waals surface area contributed by atoms with Gasteiger partial charge in [-0.05, 0) is 42.6 Å². The number of hydrogen-bond acceptors (Lipinski definition) is 6. The van der Waals surface area contributed by atoms with Crippen LogP contribution in [0.2, 0.25) is 0 Å². The van der Waals surface area contributed by atoms with E-state index in [-0.39, 0.29) is 31.2 Å². The molecular formula is C19H21N3O5S. The number of carbonyl (C=O) groups excluding carboxylic acids is 1. The Hall–Kier alpha value is -2.91. The molecule has 0 aliphatic carbocycles. The van der Waals surface area contributed by atoms with E-state index in [1.807, 2.05) is 6.92 Å². The van der Waals surface area contributed by atoms with Crippen LogP contribution in [0.3, 0.4) is 0 Å². The highest BCUT2D eigenvalue weighted by Crippen LogP contribution is 2.17. The van der Waals surface area contributed by atoms with Crippen molar-refractivity contribution in [1.82, 2.24) is 9.13 Å². The lowest BCUT2D eigenvalue weighted by Gasteiger charge is -2.12. The number of amides is 1. The van der Waals surface area contributed by atoms with Gasteiger partial charge in [-0.2, -0.15) is 0 Å². The van der Waals surface area contributed by atoms with Crippen LogP contribution < -0.4 is 21.3 Å². The first kappa shape index (κ1) is 19.8. The summed E-state index contributed by atoms with van der Waals surface area (Å²) in [5, 5.41) is 4.49. The highest BCUT2D eigenvalue weighted by molar-refractivity contribution is 7.17. The van der Waals surface area contributed by atoms with Crippen molar-refractivity contribution in [2.24, 2.45) is 0 Å². The van der Waals surface area contributed by atoms with Crippen LogP contribution in [0.1, 0.15) is 6.92 Å². The fourth-order valence-electron chi connectivity index (χ4n) is 2.81. The van der Waals surface area contributed by atoms with Crippen molar-refractivity contribution in [3.63, 3.8) is 0 Å². The normalized spacial score (nSPS) is 10.9. The average molecular weight is 403 g/mol. The van der Waals surface area contributed by atoms with Crippen molar-refractivity contribution in [3.05, 3.63) is 56.5 Å². The Kier molecular flexibility index (Phi) is 6.27. The number of aromatic nitrogens is 2. The molecule has 2 aromatic heterocycles. The molecular weight excluding hydrogens is 382 g/mol. The van der Waals surface area contributed by atoms with Gasteiger partial charge in [0.25, 0.3) is 5.56 Å². The van der Waals surface area contributed by atoms with Gasteiger partial charge in [0.05, 0.1) is 25.3 Å². The van der Waals surface area contributed by atoms with E-state index in [0.717, 1.165) is 4.57 Å². The fraction of sp³-hybridized carbons (Fsp3) is 0.316. The van der Waals surface area contributed by atoms with Gasteiger partial charge in [-0.15, -0.1) is 11.3 Å². The van der Waals surface area contributed by atoms with Crippen LogP contribution in [0.25, 0.3) is 10.2 Å². The number of ether oxygens (including phenoxy) is 2. The molecule has 0 unspecified atom stereocenters. The minimum absolute atomic E-state index is 0.127. The molecule has 9 heteroatoms. The molecule has 1 aromatic carbocycles. The third kappa shape index (κ3) is 4.15. The topological polar surface area (TPSA) is 91.6 Å². The van der Waals surface area contributed by atoms with Gasteiger partial charge in [-0.1, -0.05) is 0 Å². The van der Waals surface area contributed by atoms with Crippen molar-refractivity contribution in [1.29, 1.82) is 0 Å². The zero-order valence-electron chi connectivity index (χ0n) is 15.6. The van der Waals surface area contributed by atoms with E-state index in [9.17, 15) is 14.4 Å². The first-order valence-corrected chi connectivity index (χ1v) is 9.65. The summed E-state index contributed by atoms with van der Waals surface area (Å²) >= 11 is 1.24. The van der Waals surface area contributed by atoms with Crippen molar-refractivity contribution >= 4 is 33.1 Å². The van der Waals surface area contributed by atoms with Crippen molar-refractivity contribution < 1.29 is 14.3 Å². The van der Waals surface area contributed by atoms with Crippen molar-refractivity contribution in [3.8, 4) is 5.75 Å². The van der Waals surface area contributed by atoms with E-state index in [0.29, 0.717) is 28.3 Å². The summed E-state index contributed by atoms with van der Waals surface area (Å²) in [7, 11) is 1.50. The lowest BCUT2D eigenvalue weighted by Crippen LogP contribution is -2.42. The van der Waals surface area contributed by atoms with E-state index in [1.165, 1.54) is 23.0 Å². The Labute approximate surface area is 164 Å². The van der Waals surface area contributed by atoms with Gasteiger partial charge in [0.15, 0.2) is 0 Å². The molecule has 1 amide bonds. The third-order valence-corrected chi connectivity index (χ3v) is 5.00. The quantitative estimate of drug-likeness (QED) is 0.620. The van der Waals surface area contributed by atoms with Gasteiger partial charge in [0.2, 0.25) is 5.91 Å². The van der Waals surface area contributed by atoms with Gasteiger partial charge >= 0.3 is 5.69 Å². The van der Waals surface area contributed by atoms with Gasteiger partial charge in [-0.3, -0.25) is 18.7 Å². The lowest BCUT2D eigenvalue weighted by atomic mass is 10.3. The van der Waals surface area contributed by atoms with E-state index in [2.05, 4.69) is 5.32 Å². The summed E-state index contributed by atoms with van der Waals surface area (Å²) in [6.07, 6.45) is 0. The molecule has 0 bridgehead atoms. The first-order valence-electron chi connectivity index (χ1n) is 8.77. The van der Waals surface area contributed by atoms with E-state index in [4.69, 9.17) is 9.47 Å². The molecule has 0 aliphatic heterocycles. The molecule has 0 fully saturated rings. The average Bonchev–Trinajstić information content (AvgIpc) is 3.17. The molecule has 28 heavy (non-hydrogen) atoms. The number of benzene rings is 1. The monoisotopic (exact) mass is 403 g/mol. The second-order valence-corrected chi connectivity index (χ2v) is 6.87. The summed E-state index contributed by atoms with van der Waals surface area (Å²) in [6.45, 7) is 2.61. The predicted octanol–water partition coefficient (Wildman–Crippen LogP) is 1.91. The number of nitrogens with zero attached hydrogens (tertiary/aromatic N) is 2. The summed E-state index contributed by atoms with van der Waals surface area (Å²) in [5.74, 6) is 0.345. The van der Waals surface area contributed by atoms with Gasteiger partial charge in [0, 0.05) is 12.8 Å². The molecule has 2 heterocycles. The Morgan fingerprint density at radius 2 is 1.89 bits per heavy atom. The van der Waals surface area contributed by atoms with Crippen LogP contribution in [-0.4, -0.2) is 35.4 Å². The number of nitrogens with one attached hydrogen (secondary N) is 1. The van der Waals surface area contributed by atoms with Crippen LogP contribution in [0.15, 0.2) is 45.3 Å². The molecule has 0 atom stereocenters. The standard InChI is InChI=1S/C19H21N3O5S/c1-3-27-14-6-4-13(5-7-14)20-16(23)12-22-15-8-11-28-17(15)18(24)21(19(22)25)9-10-26-2/h4-8,11H,3,9-10,12H2,1-2H3,(H,20,23). The minimum Gasteiger partial charge on any atom is -0.494 e. The number of carbonyl (C=O) groups is 1. The summed E-state index contributed by atoms with van der Waals surface area (Å²) in [5.41, 5.74) is 0.149. The molecule has 0 saturated heterocycles. The number of methoxy groups -OCH3 is 1. The zero-order chi connectivity index (χ0) is 20.1. The van der Waals surface area contributed by atoms with E-state index >= 15 is 0 Å². The maximum absolute atomic E-state index is 12.8. The molecule has 148 valence electrons. The largest absolute Gasteiger partial charge is 0.494 e. The number of thiophene rings is 1. The van der Waals surface area contributed by atoms with Crippen LogP contribution >= 0.6 is 11.3 Å². The molecule has 1 N–H and O–H groups in total. The Morgan fingerprint density at radius 3 is 2.57 bits per heavy atom. The van der Waals surface area contributed by atoms with Gasteiger partial charge in [0.1, 0.15) is 17.0 Å². The zero-order valence-corrected chi connectivity index (χ0v) is 16.5. The van der Waals surface area contributed by atoms with Crippen LogP contribution in [-0.2, 0) is 22.6 Å². The van der Waals surface area contributed by atoms with Crippen LogP contribution in [0.4, 0.5) is 5.69 Å². The first-order chi connectivity index (χ1) is 13.5. The predicted molar refractivity (Wildman–Crippen MR) is 108 cm³/mol. The molecule has 3 rings (SSSR count). The number of anilines is 1. The molecule has 3 aromatic rings. The lowest BCUT2D eigenvalue weighted by molar-refractivity contribution is -0.116. The Balaban J connectivity index is 1.86. The fourth-order valence-corrected chi connectivity index (χ4v) is 3.65. The van der Waals surface area contributed by atoms with Gasteiger partial charge in [-0.25, -0.2) is 4.79 Å². The van der Waals surface area contributed by atoms with E-state index in [1.54, 1.807) is 35.7 Å². The van der Waals surface area contributed by atoms with Gasteiger partial charge < -0.3 is 14.8 Å². The smallest absolute Gasteiger partial charge is 0.332 e. The SMILES string of the molecule is CCOc1ccc(NC(=O)Cn2c(=O)n(CCOC)c(=O)c3sccc32)cc1. The number of rotatable bonds is 8. The number of fused-ring (bicyclic) bond motifs is 1. The highest BCUT2D eigenvalue weighted by atomic mass is 32.1. The van der Waals surface area contributed by atoms with Crippen molar-refractivity contribution in [2.75, 3.05) is 25.6 Å². The minimum atomic E-state index is -0.533. The second-order valence-electron chi connectivity index (χ2n) is 5.96. The van der Waals surface area contributed by atoms with E-state index < -0.39 is 5.69 Å². The molecule has 0 radical (unpaired) electrons. The number of hydrogen-bond donors (Lipinski definition) is 1. The Bertz CT molecular complexity index is 1080. The summed E-state index contributed by atoms with van der Waals surface area (Å²) < 4.78 is 13.2. The molecule has 0 aliphatic rings. The highest BCUT2D eigenvalue weighted by Gasteiger charge is 2.16. The van der Waals surface area contributed by atoms with Crippen LogP contribution in [0, 0.1) is 0 Å². The maximum atomic E-state index is 12.8. The Morgan fingerprint density at radius 1 is 1.14 bits per heavy atom. The molecule has 0 spiro atoms. The van der Waals surface area contributed by atoms with Crippen LogP contribution in [0.5, 0.6) is 5.75 Å². The third-order valence-electron chi connectivity index (χ3n) is 4.11.